The van der Waals surface area contributed by atoms with Gasteiger partial charge >= 0.3 is 12.1 Å². The number of hydrogen-bond donors (Lipinski definition) is 2. The zero-order chi connectivity index (χ0) is 20.6. The van der Waals surface area contributed by atoms with Gasteiger partial charge in [-0.1, -0.05) is 12.1 Å². The lowest BCUT2D eigenvalue weighted by molar-refractivity contribution is -0.136. The van der Waals surface area contributed by atoms with Gasteiger partial charge in [-0.25, -0.2) is 4.79 Å². The number of benzene rings is 1. The van der Waals surface area contributed by atoms with Crippen molar-refractivity contribution in [2.45, 2.75) is 58.1 Å². The van der Waals surface area contributed by atoms with Crippen LogP contribution in [0.4, 0.5) is 4.79 Å². The molecule has 1 aliphatic rings. The largest absolute Gasteiger partial charge is 0.492 e. The van der Waals surface area contributed by atoms with Crippen LogP contribution in [0.1, 0.15) is 45.6 Å². The summed E-state index contributed by atoms with van der Waals surface area (Å²) >= 11 is 0. The highest BCUT2D eigenvalue weighted by atomic mass is 16.6. The molecule has 1 amide bonds. The van der Waals surface area contributed by atoms with Gasteiger partial charge in [-0.15, -0.1) is 0 Å². The number of carboxylic acids is 1. The maximum absolute atomic E-state index is 11.8. The molecule has 1 fully saturated rings. The maximum Gasteiger partial charge on any atom is 0.407 e. The first-order valence-electron chi connectivity index (χ1n) is 9.87. The van der Waals surface area contributed by atoms with Crippen molar-refractivity contribution >= 4 is 12.1 Å². The van der Waals surface area contributed by atoms with E-state index >= 15 is 0 Å². The van der Waals surface area contributed by atoms with Crippen LogP contribution >= 0.6 is 0 Å². The monoisotopic (exact) mass is 392 g/mol. The van der Waals surface area contributed by atoms with Crippen molar-refractivity contribution in [1.82, 2.24) is 10.2 Å². The molecule has 1 aromatic rings. The van der Waals surface area contributed by atoms with E-state index in [1.807, 2.05) is 45.0 Å². The van der Waals surface area contributed by atoms with Crippen molar-refractivity contribution in [3.8, 4) is 5.75 Å². The highest BCUT2D eigenvalue weighted by molar-refractivity contribution is 5.68. The number of carboxylic acid groups (broad SMARTS) is 1. The quantitative estimate of drug-likeness (QED) is 0.707. The number of amides is 1. The Labute approximate surface area is 167 Å². The van der Waals surface area contributed by atoms with E-state index in [0.29, 0.717) is 13.0 Å². The Morgan fingerprint density at radius 2 is 1.82 bits per heavy atom. The molecule has 0 unspecified atom stereocenters. The molecule has 28 heavy (non-hydrogen) atoms. The number of ether oxygens (including phenoxy) is 2. The Hall–Kier alpha value is -2.28. The smallest absolute Gasteiger partial charge is 0.407 e. The van der Waals surface area contributed by atoms with E-state index in [4.69, 9.17) is 14.6 Å². The Balaban J connectivity index is 1.62. The van der Waals surface area contributed by atoms with E-state index in [0.717, 1.165) is 43.8 Å². The van der Waals surface area contributed by atoms with Crippen LogP contribution in [0.15, 0.2) is 24.3 Å². The number of likely N-dealkylation sites (tertiary alicyclic amines) is 1. The topological polar surface area (TPSA) is 88.1 Å². The molecule has 7 nitrogen and oxygen atoms in total. The molecule has 1 aliphatic heterocycles. The second kappa shape index (κ2) is 10.3. The molecule has 0 radical (unpaired) electrons. The van der Waals surface area contributed by atoms with Crippen molar-refractivity contribution < 1.29 is 24.2 Å². The molecule has 0 aliphatic carbocycles. The van der Waals surface area contributed by atoms with Gasteiger partial charge in [0.1, 0.15) is 18.0 Å². The van der Waals surface area contributed by atoms with Crippen molar-refractivity contribution in [3.63, 3.8) is 0 Å². The third-order valence-corrected chi connectivity index (χ3v) is 4.54. The molecule has 156 valence electrons. The van der Waals surface area contributed by atoms with Gasteiger partial charge in [0, 0.05) is 32.1 Å². The van der Waals surface area contributed by atoms with Crippen LogP contribution in [-0.2, 0) is 16.0 Å². The maximum atomic E-state index is 11.8. The van der Waals surface area contributed by atoms with Crippen LogP contribution in [0.3, 0.4) is 0 Å². The predicted octanol–water partition coefficient (Wildman–Crippen LogP) is 3.07. The van der Waals surface area contributed by atoms with Gasteiger partial charge in [-0.05, 0) is 57.7 Å². The van der Waals surface area contributed by atoms with E-state index in [1.165, 1.54) is 0 Å². The molecule has 0 atom stereocenters. The van der Waals surface area contributed by atoms with Crippen LogP contribution in [0.5, 0.6) is 5.75 Å². The molecule has 0 aromatic heterocycles. The number of hydrogen-bond acceptors (Lipinski definition) is 5. The molecule has 0 spiro atoms. The first-order valence-corrected chi connectivity index (χ1v) is 9.87. The number of carbonyl (C=O) groups excluding carboxylic acids is 1. The van der Waals surface area contributed by atoms with Crippen molar-refractivity contribution in [2.24, 2.45) is 0 Å². The fourth-order valence-electron chi connectivity index (χ4n) is 3.07. The summed E-state index contributed by atoms with van der Waals surface area (Å²) in [6.45, 7) is 8.84. The summed E-state index contributed by atoms with van der Waals surface area (Å²) < 4.78 is 11.1. The zero-order valence-electron chi connectivity index (χ0n) is 17.1. The number of alkyl carbamates (subject to hydrolysis) is 1. The highest BCUT2D eigenvalue weighted by Gasteiger charge is 2.23. The fourth-order valence-corrected chi connectivity index (χ4v) is 3.07. The van der Waals surface area contributed by atoms with E-state index in [2.05, 4.69) is 10.2 Å². The van der Waals surface area contributed by atoms with Gasteiger partial charge in [-0.3, -0.25) is 9.69 Å². The number of aryl methyl sites for hydroxylation is 1. The molecule has 1 aromatic carbocycles. The average molecular weight is 392 g/mol. The van der Waals surface area contributed by atoms with Gasteiger partial charge in [0.2, 0.25) is 0 Å². The first-order chi connectivity index (χ1) is 13.2. The van der Waals surface area contributed by atoms with Crippen molar-refractivity contribution in [1.29, 1.82) is 0 Å². The number of rotatable bonds is 8. The van der Waals surface area contributed by atoms with E-state index in [1.54, 1.807) is 0 Å². The second-order valence-electron chi connectivity index (χ2n) is 8.15. The lowest BCUT2D eigenvalue weighted by atomic mass is 10.1. The lowest BCUT2D eigenvalue weighted by Crippen LogP contribution is -2.46. The SMILES string of the molecule is CC(C)(C)OC(=O)NC1CCN(CCOc2ccc(CCC(=O)O)cc2)CC1. The number of piperidine rings is 1. The first kappa shape index (κ1) is 22.0. The molecular weight excluding hydrogens is 360 g/mol. The Morgan fingerprint density at radius 3 is 2.39 bits per heavy atom. The van der Waals surface area contributed by atoms with Crippen molar-refractivity contribution in [2.75, 3.05) is 26.2 Å². The minimum atomic E-state index is -0.787. The van der Waals surface area contributed by atoms with Gasteiger partial charge in [0.25, 0.3) is 0 Å². The van der Waals surface area contributed by atoms with E-state index < -0.39 is 11.6 Å². The normalized spacial score (nSPS) is 15.8. The average Bonchev–Trinajstić information content (AvgIpc) is 2.61. The molecular formula is C21H32N2O5. The molecule has 0 saturated carbocycles. The van der Waals surface area contributed by atoms with Crippen molar-refractivity contribution in [3.05, 3.63) is 29.8 Å². The molecule has 2 N–H and O–H groups in total. The summed E-state index contributed by atoms with van der Waals surface area (Å²) in [6.07, 6.45) is 2.12. The third-order valence-electron chi connectivity index (χ3n) is 4.54. The highest BCUT2D eigenvalue weighted by Crippen LogP contribution is 2.15. The Bertz CT molecular complexity index is 631. The second-order valence-corrected chi connectivity index (χ2v) is 8.15. The van der Waals surface area contributed by atoms with Crippen LogP contribution in [0.25, 0.3) is 0 Å². The third kappa shape index (κ3) is 8.61. The molecule has 2 rings (SSSR count). The van der Waals surface area contributed by atoms with E-state index in [-0.39, 0.29) is 18.6 Å². The fraction of sp³-hybridized carbons (Fsp3) is 0.619. The standard InChI is InChI=1S/C21H32N2O5/c1-21(2,3)28-20(26)22-17-10-12-23(13-11-17)14-15-27-18-7-4-16(5-8-18)6-9-19(24)25/h4-5,7-8,17H,6,9-15H2,1-3H3,(H,22,26)(H,24,25). The van der Waals surface area contributed by atoms with Gasteiger partial charge in [-0.2, -0.15) is 0 Å². The summed E-state index contributed by atoms with van der Waals surface area (Å²) in [4.78, 5) is 24.8. The van der Waals surface area contributed by atoms with Crippen LogP contribution in [0, 0.1) is 0 Å². The number of aliphatic carboxylic acids is 1. The summed E-state index contributed by atoms with van der Waals surface area (Å²) in [6, 6.07) is 7.74. The zero-order valence-corrected chi connectivity index (χ0v) is 17.1. The van der Waals surface area contributed by atoms with Gasteiger partial charge in [0.05, 0.1) is 0 Å². The van der Waals surface area contributed by atoms with E-state index in [9.17, 15) is 9.59 Å². The number of carbonyl (C=O) groups is 2. The Morgan fingerprint density at radius 1 is 1.18 bits per heavy atom. The number of nitrogens with zero attached hydrogens (tertiary/aromatic N) is 1. The Kier molecular flexibility index (Phi) is 8.11. The van der Waals surface area contributed by atoms with Crippen LogP contribution in [-0.4, -0.2) is 60.0 Å². The van der Waals surface area contributed by atoms with Crippen LogP contribution < -0.4 is 10.1 Å². The summed E-state index contributed by atoms with van der Waals surface area (Å²) in [5.41, 5.74) is 0.519. The molecule has 1 heterocycles. The summed E-state index contributed by atoms with van der Waals surface area (Å²) in [5.74, 6) is 0.00550. The van der Waals surface area contributed by atoms with Crippen LogP contribution in [0.2, 0.25) is 0 Å². The number of nitrogens with one attached hydrogen (secondary N) is 1. The van der Waals surface area contributed by atoms with Gasteiger partial charge in [0.15, 0.2) is 0 Å². The molecule has 0 bridgehead atoms. The summed E-state index contributed by atoms with van der Waals surface area (Å²) in [7, 11) is 0. The minimum absolute atomic E-state index is 0.138. The minimum Gasteiger partial charge on any atom is -0.492 e. The molecule has 1 saturated heterocycles. The lowest BCUT2D eigenvalue weighted by Gasteiger charge is -2.32. The molecule has 7 heteroatoms. The van der Waals surface area contributed by atoms with Gasteiger partial charge < -0.3 is 19.9 Å². The predicted molar refractivity (Wildman–Crippen MR) is 107 cm³/mol. The summed E-state index contributed by atoms with van der Waals surface area (Å²) in [5, 5.41) is 11.7.